The van der Waals surface area contributed by atoms with Crippen molar-refractivity contribution in [2.24, 2.45) is 17.8 Å². The summed E-state index contributed by atoms with van der Waals surface area (Å²) in [6, 6.07) is 3.83. The molecule has 2 nitrogen and oxygen atoms in total. The van der Waals surface area contributed by atoms with Crippen LogP contribution in [0.5, 0.6) is 5.75 Å². The lowest BCUT2D eigenvalue weighted by molar-refractivity contribution is 0.259. The van der Waals surface area contributed by atoms with Crippen LogP contribution in [0.2, 0.25) is 10.0 Å². The Labute approximate surface area is 130 Å². The van der Waals surface area contributed by atoms with E-state index in [1.807, 2.05) is 0 Å². The topological polar surface area (TPSA) is 32.3 Å². The molecule has 4 heteroatoms. The normalized spacial score (nSPS) is 29.9. The van der Waals surface area contributed by atoms with Crippen LogP contribution in [0.1, 0.15) is 38.2 Å². The Morgan fingerprint density at radius 3 is 2.75 bits per heavy atom. The van der Waals surface area contributed by atoms with Crippen molar-refractivity contribution >= 4 is 23.2 Å². The number of benzene rings is 1. The number of hydrogen-bond donors (Lipinski definition) is 2. The summed E-state index contributed by atoms with van der Waals surface area (Å²) in [6.07, 6.45) is 5.61. The van der Waals surface area contributed by atoms with E-state index in [0.717, 1.165) is 23.3 Å². The number of hydrogen-bond acceptors (Lipinski definition) is 2. The number of nitrogens with one attached hydrogen (secondary N) is 1. The van der Waals surface area contributed by atoms with Crippen LogP contribution >= 0.6 is 23.2 Å². The minimum absolute atomic E-state index is 0.142. The van der Waals surface area contributed by atoms with Crippen LogP contribution in [-0.2, 0) is 6.54 Å². The van der Waals surface area contributed by atoms with E-state index in [-0.39, 0.29) is 5.75 Å². The van der Waals surface area contributed by atoms with Crippen molar-refractivity contribution in [3.8, 4) is 5.75 Å². The summed E-state index contributed by atoms with van der Waals surface area (Å²) in [5, 5.41) is 14.4. The smallest absolute Gasteiger partial charge is 0.138 e. The van der Waals surface area contributed by atoms with Crippen molar-refractivity contribution in [2.75, 3.05) is 0 Å². The van der Waals surface area contributed by atoms with E-state index in [2.05, 4.69) is 12.2 Å². The van der Waals surface area contributed by atoms with Gasteiger partial charge in [-0.3, -0.25) is 0 Å². The van der Waals surface area contributed by atoms with E-state index in [1.54, 1.807) is 12.1 Å². The van der Waals surface area contributed by atoms with Crippen molar-refractivity contribution in [2.45, 2.75) is 45.2 Å². The molecule has 2 N–H and O–H groups in total. The Morgan fingerprint density at radius 2 is 2.10 bits per heavy atom. The molecule has 1 aromatic carbocycles. The highest BCUT2D eigenvalue weighted by molar-refractivity contribution is 6.35. The molecule has 0 saturated heterocycles. The maximum Gasteiger partial charge on any atom is 0.138 e. The minimum Gasteiger partial charge on any atom is -0.506 e. The van der Waals surface area contributed by atoms with Gasteiger partial charge in [-0.05, 0) is 56.1 Å². The van der Waals surface area contributed by atoms with Crippen molar-refractivity contribution < 1.29 is 5.11 Å². The number of aromatic hydroxyl groups is 1. The Bertz CT molecular complexity index is 505. The minimum atomic E-state index is 0.142. The number of phenols is 1. The largest absolute Gasteiger partial charge is 0.506 e. The SMILES string of the molecule is CC(NCc1cc(Cl)cc(Cl)c1O)C1CC2CCC1C2. The van der Waals surface area contributed by atoms with Crippen molar-refractivity contribution in [3.63, 3.8) is 0 Å². The lowest BCUT2D eigenvalue weighted by atomic mass is 9.84. The van der Waals surface area contributed by atoms with Crippen LogP contribution < -0.4 is 5.32 Å². The first-order valence-electron chi connectivity index (χ1n) is 7.45. The molecule has 1 aromatic rings. The maximum absolute atomic E-state index is 9.97. The van der Waals surface area contributed by atoms with Gasteiger partial charge in [-0.2, -0.15) is 0 Å². The summed E-state index contributed by atoms with van der Waals surface area (Å²) in [6.45, 7) is 2.87. The third-order valence-corrected chi connectivity index (χ3v) is 5.66. The average Bonchev–Trinajstić information content (AvgIpc) is 3.03. The molecule has 0 amide bonds. The van der Waals surface area contributed by atoms with Gasteiger partial charge in [0.05, 0.1) is 5.02 Å². The van der Waals surface area contributed by atoms with E-state index in [4.69, 9.17) is 23.2 Å². The molecule has 0 aromatic heterocycles. The lowest BCUT2D eigenvalue weighted by Crippen LogP contribution is -2.35. The molecule has 2 aliphatic rings. The second-order valence-corrected chi connectivity index (χ2v) is 7.25. The lowest BCUT2D eigenvalue weighted by Gasteiger charge is -2.28. The molecular weight excluding hydrogens is 293 g/mol. The van der Waals surface area contributed by atoms with Gasteiger partial charge in [0.2, 0.25) is 0 Å². The molecule has 2 bridgehead atoms. The Hall–Kier alpha value is -0.440. The first-order chi connectivity index (χ1) is 9.54. The third kappa shape index (κ3) is 2.79. The van der Waals surface area contributed by atoms with Crippen molar-refractivity contribution in [3.05, 3.63) is 27.7 Å². The van der Waals surface area contributed by atoms with Crippen LogP contribution in [0.15, 0.2) is 12.1 Å². The van der Waals surface area contributed by atoms with Crippen molar-refractivity contribution in [1.82, 2.24) is 5.32 Å². The van der Waals surface area contributed by atoms with Crippen LogP contribution in [0.3, 0.4) is 0 Å². The summed E-state index contributed by atoms with van der Waals surface area (Å²) in [5.74, 6) is 2.79. The van der Waals surface area contributed by atoms with E-state index in [1.165, 1.54) is 25.7 Å². The predicted molar refractivity (Wildman–Crippen MR) is 83.4 cm³/mol. The summed E-state index contributed by atoms with van der Waals surface area (Å²) in [4.78, 5) is 0. The fraction of sp³-hybridized carbons (Fsp3) is 0.625. The van der Waals surface area contributed by atoms with Gasteiger partial charge in [-0.25, -0.2) is 0 Å². The summed E-state index contributed by atoms with van der Waals surface area (Å²) in [7, 11) is 0. The first-order valence-corrected chi connectivity index (χ1v) is 8.20. The van der Waals surface area contributed by atoms with Gasteiger partial charge in [-0.15, -0.1) is 0 Å². The molecule has 4 atom stereocenters. The van der Waals surface area contributed by atoms with Crippen LogP contribution in [-0.4, -0.2) is 11.1 Å². The standard InChI is InChI=1S/C16H21Cl2NO/c1-9(14-5-10-2-3-11(14)4-10)19-8-12-6-13(17)7-15(18)16(12)20/h6-7,9-11,14,19-20H,2-5,8H2,1H3. The fourth-order valence-electron chi connectivity index (χ4n) is 4.08. The van der Waals surface area contributed by atoms with Crippen LogP contribution in [0, 0.1) is 17.8 Å². The van der Waals surface area contributed by atoms with Gasteiger partial charge < -0.3 is 10.4 Å². The third-order valence-electron chi connectivity index (χ3n) is 5.16. The zero-order valence-electron chi connectivity index (χ0n) is 11.7. The highest BCUT2D eigenvalue weighted by atomic mass is 35.5. The molecule has 0 heterocycles. The van der Waals surface area contributed by atoms with E-state index < -0.39 is 0 Å². The molecule has 4 unspecified atom stereocenters. The number of phenolic OH excluding ortho intramolecular Hbond substituents is 1. The highest BCUT2D eigenvalue weighted by Crippen LogP contribution is 2.49. The number of halogens is 2. The van der Waals surface area contributed by atoms with Crippen molar-refractivity contribution in [1.29, 1.82) is 0 Å². The Morgan fingerprint density at radius 1 is 1.30 bits per heavy atom. The fourth-order valence-corrected chi connectivity index (χ4v) is 4.62. The zero-order chi connectivity index (χ0) is 14.3. The van der Waals surface area contributed by atoms with Gasteiger partial charge in [0.25, 0.3) is 0 Å². The van der Waals surface area contributed by atoms with Gasteiger partial charge in [0, 0.05) is 23.2 Å². The second kappa shape index (κ2) is 5.75. The predicted octanol–water partition coefficient (Wildman–Crippen LogP) is 4.61. The highest BCUT2D eigenvalue weighted by Gasteiger charge is 2.41. The molecule has 2 saturated carbocycles. The zero-order valence-corrected chi connectivity index (χ0v) is 13.2. The molecule has 20 heavy (non-hydrogen) atoms. The Balaban J connectivity index is 1.62. The van der Waals surface area contributed by atoms with E-state index in [0.29, 0.717) is 22.6 Å². The average molecular weight is 314 g/mol. The number of rotatable bonds is 4. The molecular formula is C16H21Cl2NO. The summed E-state index contributed by atoms with van der Waals surface area (Å²) < 4.78 is 0. The van der Waals surface area contributed by atoms with Gasteiger partial charge in [0.1, 0.15) is 5.75 Å². The molecule has 0 spiro atoms. The van der Waals surface area contributed by atoms with E-state index in [9.17, 15) is 5.11 Å². The Kier molecular flexibility index (Phi) is 4.16. The van der Waals surface area contributed by atoms with Crippen LogP contribution in [0.25, 0.3) is 0 Å². The first kappa shape index (κ1) is 14.5. The van der Waals surface area contributed by atoms with Crippen LogP contribution in [0.4, 0.5) is 0 Å². The molecule has 2 fully saturated rings. The molecule has 0 aliphatic heterocycles. The van der Waals surface area contributed by atoms with Gasteiger partial charge in [0.15, 0.2) is 0 Å². The maximum atomic E-state index is 9.97. The summed E-state index contributed by atoms with van der Waals surface area (Å²) >= 11 is 11.9. The number of fused-ring (bicyclic) bond motifs is 2. The molecule has 2 aliphatic carbocycles. The van der Waals surface area contributed by atoms with Gasteiger partial charge >= 0.3 is 0 Å². The second-order valence-electron chi connectivity index (χ2n) is 6.40. The van der Waals surface area contributed by atoms with Gasteiger partial charge in [-0.1, -0.05) is 29.6 Å². The summed E-state index contributed by atoms with van der Waals surface area (Å²) in [5.41, 5.74) is 0.775. The molecule has 110 valence electrons. The molecule has 3 rings (SSSR count). The monoisotopic (exact) mass is 313 g/mol. The quantitative estimate of drug-likeness (QED) is 0.850. The van der Waals surface area contributed by atoms with E-state index >= 15 is 0 Å². The molecule has 0 radical (unpaired) electrons.